The molecule has 0 aliphatic heterocycles. The summed E-state index contributed by atoms with van der Waals surface area (Å²) in [7, 11) is 0. The number of nitrogens with one attached hydrogen (secondary N) is 1. The molecule has 0 aliphatic carbocycles. The van der Waals surface area contributed by atoms with Gasteiger partial charge in [0.2, 0.25) is 5.89 Å². The fourth-order valence-corrected chi connectivity index (χ4v) is 2.39. The highest BCUT2D eigenvalue weighted by Crippen LogP contribution is 2.15. The second-order valence-corrected chi connectivity index (χ2v) is 5.68. The fraction of sp³-hybridized carbons (Fsp3) is 0.158. The van der Waals surface area contributed by atoms with Gasteiger partial charge in [-0.15, -0.1) is 0 Å². The molecule has 1 amide bonds. The number of amides is 1. The van der Waals surface area contributed by atoms with Gasteiger partial charge in [-0.1, -0.05) is 42.5 Å². The number of aromatic nitrogens is 1. The predicted octanol–water partition coefficient (Wildman–Crippen LogP) is 2.99. The Morgan fingerprint density at radius 2 is 1.84 bits per heavy atom. The summed E-state index contributed by atoms with van der Waals surface area (Å²) in [6.45, 7) is 0.275. The van der Waals surface area contributed by atoms with E-state index in [2.05, 4.69) is 10.3 Å². The summed E-state index contributed by atoms with van der Waals surface area (Å²) in [6, 6.07) is 15.2. The zero-order valence-corrected chi connectivity index (χ0v) is 13.5. The summed E-state index contributed by atoms with van der Waals surface area (Å²) in [5.74, 6) is -0.370. The molecule has 0 fully saturated rings. The van der Waals surface area contributed by atoms with Gasteiger partial charge in [-0.25, -0.2) is 9.37 Å². The second kappa shape index (κ2) is 7.72. The van der Waals surface area contributed by atoms with Crippen molar-refractivity contribution in [1.82, 2.24) is 10.3 Å². The molecule has 1 atom stereocenters. The molecule has 1 aromatic heterocycles. The van der Waals surface area contributed by atoms with Crippen LogP contribution in [0.5, 0.6) is 0 Å². The van der Waals surface area contributed by atoms with Crippen LogP contribution in [0.1, 0.15) is 33.5 Å². The van der Waals surface area contributed by atoms with Crippen molar-refractivity contribution in [2.75, 3.05) is 0 Å². The Morgan fingerprint density at radius 1 is 1.12 bits per heavy atom. The van der Waals surface area contributed by atoms with Crippen LogP contribution in [0.15, 0.2) is 65.3 Å². The minimum Gasteiger partial charge on any atom is -0.446 e. The van der Waals surface area contributed by atoms with Crippen molar-refractivity contribution >= 4 is 5.91 Å². The van der Waals surface area contributed by atoms with E-state index in [1.165, 1.54) is 18.4 Å². The molecule has 1 unspecified atom stereocenters. The summed E-state index contributed by atoms with van der Waals surface area (Å²) in [5, 5.41) is 2.71. The van der Waals surface area contributed by atoms with Gasteiger partial charge in [0.15, 0.2) is 5.69 Å². The largest absolute Gasteiger partial charge is 0.446 e. The maximum absolute atomic E-state index is 12.9. The summed E-state index contributed by atoms with van der Waals surface area (Å²) >= 11 is 0. The molecule has 3 aromatic rings. The maximum Gasteiger partial charge on any atom is 0.273 e. The van der Waals surface area contributed by atoms with Gasteiger partial charge in [-0.05, 0) is 29.7 Å². The number of carbonyl (C=O) groups is 1. The van der Waals surface area contributed by atoms with E-state index in [-0.39, 0.29) is 24.0 Å². The third-order valence-electron chi connectivity index (χ3n) is 3.74. The Kier molecular flexibility index (Phi) is 5.20. The highest BCUT2D eigenvalue weighted by atomic mass is 19.1. The third kappa shape index (κ3) is 4.51. The van der Waals surface area contributed by atoms with E-state index in [0.29, 0.717) is 12.3 Å². The van der Waals surface area contributed by atoms with E-state index in [0.717, 1.165) is 11.1 Å². The van der Waals surface area contributed by atoms with Crippen LogP contribution in [0.25, 0.3) is 0 Å². The lowest BCUT2D eigenvalue weighted by atomic mass is 10.1. The lowest BCUT2D eigenvalue weighted by molar-refractivity contribution is 0.0946. The Bertz CT molecular complexity index is 831. The van der Waals surface area contributed by atoms with Gasteiger partial charge in [-0.3, -0.25) is 4.79 Å². The van der Waals surface area contributed by atoms with Crippen molar-refractivity contribution in [3.8, 4) is 0 Å². The molecule has 5 nitrogen and oxygen atoms in total. The molecule has 3 N–H and O–H groups in total. The Labute approximate surface area is 144 Å². The number of rotatable bonds is 6. The van der Waals surface area contributed by atoms with Crippen LogP contribution in [0, 0.1) is 5.82 Å². The number of nitrogens with zero attached hydrogens (tertiary/aromatic N) is 1. The van der Waals surface area contributed by atoms with Crippen molar-refractivity contribution in [2.45, 2.75) is 19.0 Å². The van der Waals surface area contributed by atoms with E-state index in [1.54, 1.807) is 12.1 Å². The molecule has 0 bridgehead atoms. The van der Waals surface area contributed by atoms with Gasteiger partial charge in [0.1, 0.15) is 12.1 Å². The first-order chi connectivity index (χ1) is 12.1. The van der Waals surface area contributed by atoms with Crippen LogP contribution in [0.2, 0.25) is 0 Å². The molecule has 25 heavy (non-hydrogen) atoms. The normalized spacial score (nSPS) is 11.9. The molecular formula is C19H18FN3O2. The summed E-state index contributed by atoms with van der Waals surface area (Å²) in [4.78, 5) is 16.3. The van der Waals surface area contributed by atoms with E-state index in [1.807, 2.05) is 30.3 Å². The quantitative estimate of drug-likeness (QED) is 0.723. The summed E-state index contributed by atoms with van der Waals surface area (Å²) in [6.07, 6.45) is 1.86. The molecule has 2 aromatic carbocycles. The van der Waals surface area contributed by atoms with E-state index < -0.39 is 6.04 Å². The van der Waals surface area contributed by atoms with Crippen molar-refractivity contribution in [2.24, 2.45) is 5.73 Å². The highest BCUT2D eigenvalue weighted by Gasteiger charge is 2.17. The number of oxazole rings is 1. The molecule has 0 spiro atoms. The van der Waals surface area contributed by atoms with Gasteiger partial charge in [0, 0.05) is 6.54 Å². The average molecular weight is 339 g/mol. The van der Waals surface area contributed by atoms with Crippen LogP contribution in [-0.2, 0) is 13.0 Å². The second-order valence-electron chi connectivity index (χ2n) is 5.68. The van der Waals surface area contributed by atoms with Crippen LogP contribution in [0.4, 0.5) is 4.39 Å². The van der Waals surface area contributed by atoms with Crippen LogP contribution >= 0.6 is 0 Å². The first kappa shape index (κ1) is 16.9. The van der Waals surface area contributed by atoms with E-state index in [9.17, 15) is 9.18 Å². The molecule has 1 heterocycles. The molecule has 128 valence electrons. The smallest absolute Gasteiger partial charge is 0.273 e. The summed E-state index contributed by atoms with van der Waals surface area (Å²) in [5.41, 5.74) is 8.12. The minimum atomic E-state index is -0.430. The monoisotopic (exact) mass is 339 g/mol. The number of hydrogen-bond acceptors (Lipinski definition) is 4. The Hall–Kier alpha value is -2.99. The van der Waals surface area contributed by atoms with Crippen molar-refractivity contribution < 1.29 is 13.6 Å². The topological polar surface area (TPSA) is 81.1 Å². The Morgan fingerprint density at radius 3 is 2.56 bits per heavy atom. The van der Waals surface area contributed by atoms with Crippen molar-refractivity contribution in [3.63, 3.8) is 0 Å². The van der Waals surface area contributed by atoms with Crippen molar-refractivity contribution in [1.29, 1.82) is 0 Å². The average Bonchev–Trinajstić information content (AvgIpc) is 3.12. The van der Waals surface area contributed by atoms with Crippen molar-refractivity contribution in [3.05, 3.63) is 89.4 Å². The number of benzene rings is 2. The van der Waals surface area contributed by atoms with Gasteiger partial charge >= 0.3 is 0 Å². The molecule has 0 saturated heterocycles. The molecule has 6 heteroatoms. The van der Waals surface area contributed by atoms with Gasteiger partial charge < -0.3 is 15.5 Å². The van der Waals surface area contributed by atoms with E-state index >= 15 is 0 Å². The van der Waals surface area contributed by atoms with Gasteiger partial charge in [0.05, 0.1) is 6.04 Å². The van der Waals surface area contributed by atoms with Gasteiger partial charge in [0.25, 0.3) is 5.91 Å². The number of halogens is 1. The van der Waals surface area contributed by atoms with Crippen LogP contribution in [0.3, 0.4) is 0 Å². The van der Waals surface area contributed by atoms with Crippen LogP contribution in [-0.4, -0.2) is 10.9 Å². The molecular weight excluding hydrogens is 321 g/mol. The standard InChI is InChI=1S/C19H18FN3O2/c20-15-8-6-14(7-9-15)11-22-18(24)17-12-25-19(23-17)16(21)10-13-4-2-1-3-5-13/h1-9,12,16H,10-11,21H2,(H,22,24). The zero-order valence-electron chi connectivity index (χ0n) is 13.5. The molecule has 0 aliphatic rings. The zero-order chi connectivity index (χ0) is 17.6. The summed E-state index contributed by atoms with van der Waals surface area (Å²) < 4.78 is 18.2. The van der Waals surface area contributed by atoms with E-state index in [4.69, 9.17) is 10.2 Å². The molecule has 0 radical (unpaired) electrons. The predicted molar refractivity (Wildman–Crippen MR) is 91.1 cm³/mol. The maximum atomic E-state index is 12.9. The molecule has 3 rings (SSSR count). The molecule has 0 saturated carbocycles. The van der Waals surface area contributed by atoms with Crippen LogP contribution < -0.4 is 11.1 Å². The minimum absolute atomic E-state index is 0.167. The number of hydrogen-bond donors (Lipinski definition) is 2. The Balaban J connectivity index is 1.58. The lowest BCUT2D eigenvalue weighted by Gasteiger charge is -2.07. The number of nitrogens with two attached hydrogens (primary N) is 1. The highest BCUT2D eigenvalue weighted by molar-refractivity contribution is 5.91. The fourth-order valence-electron chi connectivity index (χ4n) is 2.39. The first-order valence-electron chi connectivity index (χ1n) is 7.89. The SMILES string of the molecule is NC(Cc1ccccc1)c1nc(C(=O)NCc2ccc(F)cc2)co1. The van der Waals surface area contributed by atoms with Gasteiger partial charge in [-0.2, -0.15) is 0 Å². The lowest BCUT2D eigenvalue weighted by Crippen LogP contribution is -2.23. The third-order valence-corrected chi connectivity index (χ3v) is 3.74. The number of carbonyl (C=O) groups excluding carboxylic acids is 1. The first-order valence-corrected chi connectivity index (χ1v) is 7.89.